The number of alkyl halides is 2. The van der Waals surface area contributed by atoms with Gasteiger partial charge >= 0.3 is 6.03 Å². The monoisotopic (exact) mass is 592 g/mol. The van der Waals surface area contributed by atoms with Crippen molar-refractivity contribution in [3.8, 4) is 0 Å². The molecule has 2 bridgehead atoms. The molecule has 2 aromatic rings. The smallest absolute Gasteiger partial charge is 0.327 e. The van der Waals surface area contributed by atoms with Crippen LogP contribution in [-0.4, -0.2) is 69.2 Å². The van der Waals surface area contributed by atoms with E-state index in [1.807, 2.05) is 72.5 Å². The van der Waals surface area contributed by atoms with Crippen LogP contribution in [0.5, 0.6) is 0 Å². The summed E-state index contributed by atoms with van der Waals surface area (Å²) >= 11 is 0. The summed E-state index contributed by atoms with van der Waals surface area (Å²) in [7, 11) is 0. The number of imide groups is 1. The summed E-state index contributed by atoms with van der Waals surface area (Å²) in [6.07, 6.45) is 3.78. The number of rotatable bonds is 9. The summed E-state index contributed by atoms with van der Waals surface area (Å²) in [5, 5.41) is 3.21. The Balaban J connectivity index is 1.17. The third-order valence-corrected chi connectivity index (χ3v) is 10.3. The molecule has 4 fully saturated rings. The van der Waals surface area contributed by atoms with Gasteiger partial charge in [-0.25, -0.2) is 13.6 Å². The van der Waals surface area contributed by atoms with Crippen molar-refractivity contribution in [1.29, 1.82) is 0 Å². The molecule has 4 aliphatic rings. The van der Waals surface area contributed by atoms with Crippen molar-refractivity contribution in [2.24, 2.45) is 5.92 Å². The molecule has 230 valence electrons. The Morgan fingerprint density at radius 3 is 2.14 bits per heavy atom. The lowest BCUT2D eigenvalue weighted by atomic mass is 9.80. The first kappa shape index (κ1) is 29.7. The van der Waals surface area contributed by atoms with Crippen molar-refractivity contribution in [2.45, 2.75) is 101 Å². The number of carbonyl (C=O) groups is 3. The molecule has 2 aromatic carbocycles. The lowest BCUT2D eigenvalue weighted by Gasteiger charge is -2.47. The van der Waals surface area contributed by atoms with E-state index >= 15 is 0 Å². The molecule has 0 aromatic heterocycles. The molecule has 4 amide bonds. The molecule has 7 nitrogen and oxygen atoms in total. The molecule has 3 saturated heterocycles. The van der Waals surface area contributed by atoms with Crippen molar-refractivity contribution in [1.82, 2.24) is 20.0 Å². The number of carbonyl (C=O) groups excluding carboxylic acids is 3. The second kappa shape index (κ2) is 12.0. The minimum absolute atomic E-state index is 0.0695. The summed E-state index contributed by atoms with van der Waals surface area (Å²) in [4.78, 5) is 46.3. The number of fused-ring (bicyclic) bond motifs is 2. The Hall–Kier alpha value is -3.33. The Labute approximate surface area is 252 Å². The number of amides is 4. The molecule has 0 radical (unpaired) electrons. The Bertz CT molecular complexity index is 1300. The number of halogens is 2. The van der Waals surface area contributed by atoms with Gasteiger partial charge in [0.25, 0.3) is 5.91 Å². The highest BCUT2D eigenvalue weighted by molar-refractivity contribution is 6.07. The Kier molecular flexibility index (Phi) is 8.28. The van der Waals surface area contributed by atoms with Crippen LogP contribution >= 0.6 is 0 Å². The van der Waals surface area contributed by atoms with Crippen LogP contribution in [0.1, 0.15) is 81.9 Å². The molecular weight excluding hydrogens is 550 g/mol. The number of likely N-dealkylation sites (N-methyl/N-ethyl adjacent to an activating group) is 1. The van der Waals surface area contributed by atoms with Gasteiger partial charge in [-0.2, -0.15) is 0 Å². The van der Waals surface area contributed by atoms with E-state index < -0.39 is 11.5 Å². The fraction of sp³-hybridized carbons (Fsp3) is 0.559. The zero-order chi connectivity index (χ0) is 30.2. The summed E-state index contributed by atoms with van der Waals surface area (Å²) in [5.74, 6) is -3.27. The second-order valence-electron chi connectivity index (χ2n) is 12.9. The van der Waals surface area contributed by atoms with Gasteiger partial charge in [0, 0.05) is 50.5 Å². The normalized spacial score (nSPS) is 28.1. The van der Waals surface area contributed by atoms with E-state index in [1.165, 1.54) is 4.90 Å². The van der Waals surface area contributed by atoms with Gasteiger partial charge < -0.3 is 10.2 Å². The SMILES string of the molecule is CCN1C(=O)N(Cc2ccccc2)C2(CC3CCC(C2)N3CC[C@H](NC(=O)C2CCC(F)(F)CC2)c2ccccc2)C1=O. The number of nitrogens with zero attached hydrogens (tertiary/aromatic N) is 3. The third-order valence-electron chi connectivity index (χ3n) is 10.3. The van der Waals surface area contributed by atoms with Crippen LogP contribution in [-0.2, 0) is 16.1 Å². The van der Waals surface area contributed by atoms with Gasteiger partial charge in [0.1, 0.15) is 5.54 Å². The average molecular weight is 593 g/mol. The molecule has 6 rings (SSSR count). The van der Waals surface area contributed by atoms with E-state index in [9.17, 15) is 23.2 Å². The van der Waals surface area contributed by atoms with Gasteiger partial charge in [0.15, 0.2) is 0 Å². The quantitative estimate of drug-likeness (QED) is 0.368. The maximum atomic E-state index is 13.9. The lowest BCUT2D eigenvalue weighted by Crippen LogP contribution is -2.60. The fourth-order valence-electron chi connectivity index (χ4n) is 8.00. The molecule has 2 unspecified atom stereocenters. The first-order chi connectivity index (χ1) is 20.7. The summed E-state index contributed by atoms with van der Waals surface area (Å²) in [5.41, 5.74) is 1.18. The maximum Gasteiger partial charge on any atom is 0.327 e. The minimum atomic E-state index is -2.67. The highest BCUT2D eigenvalue weighted by Crippen LogP contribution is 2.48. The predicted molar refractivity (Wildman–Crippen MR) is 159 cm³/mol. The summed E-state index contributed by atoms with van der Waals surface area (Å²) in [6, 6.07) is 19.6. The van der Waals surface area contributed by atoms with Gasteiger partial charge in [-0.1, -0.05) is 60.7 Å². The van der Waals surface area contributed by atoms with Crippen molar-refractivity contribution >= 4 is 17.8 Å². The van der Waals surface area contributed by atoms with E-state index in [2.05, 4.69) is 10.2 Å². The number of urea groups is 1. The molecular formula is C34H42F2N4O3. The lowest BCUT2D eigenvalue weighted by molar-refractivity contribution is -0.137. The average Bonchev–Trinajstić information content (AvgIpc) is 3.36. The third kappa shape index (κ3) is 5.80. The van der Waals surface area contributed by atoms with Crippen LogP contribution in [0.4, 0.5) is 13.6 Å². The van der Waals surface area contributed by atoms with E-state index in [1.54, 1.807) is 0 Å². The number of hydrogen-bond acceptors (Lipinski definition) is 4. The van der Waals surface area contributed by atoms with Crippen molar-refractivity contribution < 1.29 is 23.2 Å². The first-order valence-corrected chi connectivity index (χ1v) is 15.9. The molecule has 43 heavy (non-hydrogen) atoms. The topological polar surface area (TPSA) is 73.0 Å². The van der Waals surface area contributed by atoms with Gasteiger partial charge in [-0.05, 0) is 63.0 Å². The molecule has 9 heteroatoms. The highest BCUT2D eigenvalue weighted by Gasteiger charge is 2.62. The molecule has 3 atom stereocenters. The van der Waals surface area contributed by atoms with Crippen molar-refractivity contribution in [3.05, 3.63) is 71.8 Å². The van der Waals surface area contributed by atoms with Crippen LogP contribution in [0.25, 0.3) is 0 Å². The zero-order valence-corrected chi connectivity index (χ0v) is 24.9. The molecule has 1 saturated carbocycles. The Morgan fingerprint density at radius 2 is 1.53 bits per heavy atom. The van der Waals surface area contributed by atoms with Gasteiger partial charge in [-0.3, -0.25) is 19.4 Å². The standard InChI is InChI=1S/C34H42F2N4O3/c1-2-38-31(42)33(40(32(38)43)23-24-9-5-3-6-10-24)21-27-13-14-28(22-33)39(27)20-17-29(25-11-7-4-8-12-25)37-30(41)26-15-18-34(35,36)19-16-26/h3-12,26-29H,2,13-23H2,1H3,(H,37,41)/t27?,28?,29-,33?/m0/s1. The maximum absolute atomic E-state index is 13.9. The van der Waals surface area contributed by atoms with Gasteiger partial charge in [-0.15, -0.1) is 0 Å². The summed E-state index contributed by atoms with van der Waals surface area (Å²) < 4.78 is 27.4. The molecule has 1 aliphatic carbocycles. The van der Waals surface area contributed by atoms with Crippen LogP contribution in [0.2, 0.25) is 0 Å². The number of benzene rings is 2. The van der Waals surface area contributed by atoms with Crippen molar-refractivity contribution in [2.75, 3.05) is 13.1 Å². The number of hydrogen-bond donors (Lipinski definition) is 1. The van der Waals surface area contributed by atoms with E-state index in [0.717, 1.165) is 30.5 Å². The van der Waals surface area contributed by atoms with Crippen LogP contribution in [0.15, 0.2) is 60.7 Å². The predicted octanol–water partition coefficient (Wildman–Crippen LogP) is 5.91. The fourth-order valence-corrected chi connectivity index (χ4v) is 8.00. The van der Waals surface area contributed by atoms with E-state index in [4.69, 9.17) is 0 Å². The Morgan fingerprint density at radius 1 is 0.930 bits per heavy atom. The first-order valence-electron chi connectivity index (χ1n) is 15.9. The molecule has 1 N–H and O–H groups in total. The van der Waals surface area contributed by atoms with Crippen LogP contribution < -0.4 is 5.32 Å². The largest absolute Gasteiger partial charge is 0.349 e. The van der Waals surface area contributed by atoms with Gasteiger partial charge in [0.05, 0.1) is 6.04 Å². The second-order valence-corrected chi connectivity index (χ2v) is 12.9. The van der Waals surface area contributed by atoms with Crippen LogP contribution in [0, 0.1) is 5.92 Å². The minimum Gasteiger partial charge on any atom is -0.349 e. The summed E-state index contributed by atoms with van der Waals surface area (Å²) in [6.45, 7) is 3.37. The zero-order valence-electron chi connectivity index (χ0n) is 24.9. The molecule has 3 heterocycles. The van der Waals surface area contributed by atoms with E-state index in [-0.39, 0.29) is 67.6 Å². The van der Waals surface area contributed by atoms with Crippen molar-refractivity contribution in [3.63, 3.8) is 0 Å². The van der Waals surface area contributed by atoms with E-state index in [0.29, 0.717) is 32.4 Å². The number of piperidine rings is 1. The number of nitrogens with one attached hydrogen (secondary N) is 1. The molecule has 1 spiro atoms. The highest BCUT2D eigenvalue weighted by atomic mass is 19.3. The van der Waals surface area contributed by atoms with Gasteiger partial charge in [0.2, 0.25) is 11.8 Å². The van der Waals surface area contributed by atoms with Crippen LogP contribution in [0.3, 0.4) is 0 Å². The molecule has 3 aliphatic heterocycles.